The Morgan fingerprint density at radius 3 is 2.40 bits per heavy atom. The normalized spacial score (nSPS) is 14.9. The van der Waals surface area contributed by atoms with Crippen LogP contribution in [-0.4, -0.2) is 18.3 Å². The van der Waals surface area contributed by atoms with Gasteiger partial charge in [0.05, 0.1) is 12.3 Å². The maximum Gasteiger partial charge on any atom is 0.282 e. The summed E-state index contributed by atoms with van der Waals surface area (Å²) in [5.41, 5.74) is 2.45. The number of amidine groups is 1. The Kier molecular flexibility index (Phi) is 5.77. The zero-order valence-corrected chi connectivity index (χ0v) is 17.8. The topological polar surface area (TPSA) is 41.9 Å². The fourth-order valence-electron chi connectivity index (χ4n) is 3.15. The molecule has 0 spiro atoms. The van der Waals surface area contributed by atoms with Gasteiger partial charge in [-0.05, 0) is 61.0 Å². The Labute approximate surface area is 182 Å². The van der Waals surface area contributed by atoms with Gasteiger partial charge in [-0.25, -0.2) is 9.38 Å². The molecule has 4 rings (SSSR count). The SMILES string of the molecule is CCOc1ccc(/C=C2/N=C(c3ccccc3Br)N(c3ccc(F)cc3)C2=O)cc1. The third kappa shape index (κ3) is 4.04. The molecule has 0 saturated carbocycles. The van der Waals surface area contributed by atoms with E-state index in [1.165, 1.54) is 17.0 Å². The second-order valence-electron chi connectivity index (χ2n) is 6.56. The van der Waals surface area contributed by atoms with Crippen molar-refractivity contribution in [3.63, 3.8) is 0 Å². The van der Waals surface area contributed by atoms with E-state index in [0.717, 1.165) is 21.3 Å². The standard InChI is InChI=1S/C24H18BrFN2O2/c1-2-30-19-13-7-16(8-14-19)15-22-24(29)28(18-11-9-17(26)10-12-18)23(27-22)20-5-3-4-6-21(20)25/h3-15H,2H2,1H3/b22-15+. The number of nitrogens with zero attached hydrogens (tertiary/aromatic N) is 2. The highest BCUT2D eigenvalue weighted by Gasteiger charge is 2.33. The maximum absolute atomic E-state index is 13.4. The molecule has 0 saturated heterocycles. The van der Waals surface area contributed by atoms with Crippen molar-refractivity contribution in [2.45, 2.75) is 6.92 Å². The van der Waals surface area contributed by atoms with E-state index < -0.39 is 0 Å². The lowest BCUT2D eigenvalue weighted by Crippen LogP contribution is -2.32. The monoisotopic (exact) mass is 464 g/mol. The number of amides is 1. The van der Waals surface area contributed by atoms with Crippen LogP contribution in [0.25, 0.3) is 6.08 Å². The average molecular weight is 465 g/mol. The molecule has 0 atom stereocenters. The Bertz CT molecular complexity index is 1140. The Hall–Kier alpha value is -3.25. The lowest BCUT2D eigenvalue weighted by atomic mass is 10.1. The maximum atomic E-state index is 13.4. The van der Waals surface area contributed by atoms with Crippen molar-refractivity contribution in [2.75, 3.05) is 11.5 Å². The highest BCUT2D eigenvalue weighted by atomic mass is 79.9. The molecular weight excluding hydrogens is 447 g/mol. The molecule has 0 unspecified atom stereocenters. The first kappa shape index (κ1) is 20.0. The van der Waals surface area contributed by atoms with Crippen molar-refractivity contribution in [3.05, 3.63) is 99.9 Å². The second kappa shape index (κ2) is 8.63. The molecule has 0 N–H and O–H groups in total. The molecule has 3 aromatic carbocycles. The van der Waals surface area contributed by atoms with Gasteiger partial charge >= 0.3 is 0 Å². The van der Waals surface area contributed by atoms with E-state index in [1.807, 2.05) is 55.5 Å². The van der Waals surface area contributed by atoms with Gasteiger partial charge in [-0.1, -0.05) is 46.3 Å². The van der Waals surface area contributed by atoms with E-state index in [-0.39, 0.29) is 11.7 Å². The van der Waals surface area contributed by atoms with Crippen LogP contribution in [0.1, 0.15) is 18.1 Å². The number of ether oxygens (including phenoxy) is 1. The van der Waals surface area contributed by atoms with Crippen LogP contribution in [0.2, 0.25) is 0 Å². The van der Waals surface area contributed by atoms with Gasteiger partial charge in [0.1, 0.15) is 23.1 Å². The quantitative estimate of drug-likeness (QED) is 0.446. The van der Waals surface area contributed by atoms with E-state index in [9.17, 15) is 9.18 Å². The fourth-order valence-corrected chi connectivity index (χ4v) is 3.62. The van der Waals surface area contributed by atoms with Crippen molar-refractivity contribution in [2.24, 2.45) is 4.99 Å². The van der Waals surface area contributed by atoms with E-state index in [4.69, 9.17) is 4.74 Å². The first-order valence-electron chi connectivity index (χ1n) is 9.45. The van der Waals surface area contributed by atoms with Gasteiger partial charge in [0.15, 0.2) is 0 Å². The van der Waals surface area contributed by atoms with Crippen molar-refractivity contribution >= 4 is 39.4 Å². The van der Waals surface area contributed by atoms with E-state index >= 15 is 0 Å². The van der Waals surface area contributed by atoms with Crippen LogP contribution in [0.5, 0.6) is 5.75 Å². The van der Waals surface area contributed by atoms with E-state index in [2.05, 4.69) is 20.9 Å². The summed E-state index contributed by atoms with van der Waals surface area (Å²) in [6.45, 7) is 2.51. The van der Waals surface area contributed by atoms with Gasteiger partial charge in [0, 0.05) is 10.0 Å². The molecule has 0 aromatic heterocycles. The molecule has 0 radical (unpaired) electrons. The van der Waals surface area contributed by atoms with Gasteiger partial charge in [-0.15, -0.1) is 0 Å². The Morgan fingerprint density at radius 2 is 1.73 bits per heavy atom. The van der Waals surface area contributed by atoms with Gasteiger partial charge in [0.25, 0.3) is 5.91 Å². The summed E-state index contributed by atoms with van der Waals surface area (Å²) < 4.78 is 19.7. The zero-order chi connectivity index (χ0) is 21.1. The van der Waals surface area contributed by atoms with Gasteiger partial charge < -0.3 is 4.74 Å². The van der Waals surface area contributed by atoms with Crippen LogP contribution in [-0.2, 0) is 4.79 Å². The molecule has 0 aliphatic carbocycles. The number of aliphatic imine (C=N–C) groups is 1. The molecule has 1 aliphatic rings. The Balaban J connectivity index is 1.77. The summed E-state index contributed by atoms with van der Waals surface area (Å²) in [6, 6.07) is 20.8. The molecule has 4 nitrogen and oxygen atoms in total. The Morgan fingerprint density at radius 1 is 1.03 bits per heavy atom. The van der Waals surface area contributed by atoms with Crippen LogP contribution in [0, 0.1) is 5.82 Å². The average Bonchev–Trinajstić information content (AvgIpc) is 3.06. The van der Waals surface area contributed by atoms with Crippen LogP contribution in [0.15, 0.2) is 88.0 Å². The lowest BCUT2D eigenvalue weighted by Gasteiger charge is -2.19. The smallest absolute Gasteiger partial charge is 0.282 e. The molecule has 1 heterocycles. The predicted molar refractivity (Wildman–Crippen MR) is 120 cm³/mol. The molecular formula is C24H18BrFN2O2. The van der Waals surface area contributed by atoms with Crippen molar-refractivity contribution in [1.29, 1.82) is 0 Å². The number of hydrogen-bond acceptors (Lipinski definition) is 3. The van der Waals surface area contributed by atoms with Gasteiger partial charge in [0.2, 0.25) is 0 Å². The highest BCUT2D eigenvalue weighted by Crippen LogP contribution is 2.30. The first-order valence-corrected chi connectivity index (χ1v) is 10.2. The molecule has 1 amide bonds. The minimum absolute atomic E-state index is 0.277. The molecule has 1 aliphatic heterocycles. The number of carbonyl (C=O) groups excluding carboxylic acids is 1. The summed E-state index contributed by atoms with van der Waals surface area (Å²) in [7, 11) is 0. The summed E-state index contributed by atoms with van der Waals surface area (Å²) in [4.78, 5) is 19.4. The lowest BCUT2D eigenvalue weighted by molar-refractivity contribution is -0.113. The van der Waals surface area contributed by atoms with Crippen LogP contribution >= 0.6 is 15.9 Å². The number of halogens is 2. The summed E-state index contributed by atoms with van der Waals surface area (Å²) in [5, 5.41) is 0. The van der Waals surface area contributed by atoms with Crippen LogP contribution in [0.4, 0.5) is 10.1 Å². The zero-order valence-electron chi connectivity index (χ0n) is 16.2. The summed E-state index contributed by atoms with van der Waals surface area (Å²) >= 11 is 3.54. The van der Waals surface area contributed by atoms with Crippen molar-refractivity contribution in [3.8, 4) is 5.75 Å². The fraction of sp³-hybridized carbons (Fsp3) is 0.0833. The van der Waals surface area contributed by atoms with E-state index in [1.54, 1.807) is 18.2 Å². The third-order valence-corrected chi connectivity index (χ3v) is 5.25. The van der Waals surface area contributed by atoms with Gasteiger partial charge in [-0.2, -0.15) is 0 Å². The molecule has 6 heteroatoms. The number of hydrogen-bond donors (Lipinski definition) is 0. The highest BCUT2D eigenvalue weighted by molar-refractivity contribution is 9.10. The minimum atomic E-state index is -0.366. The minimum Gasteiger partial charge on any atom is -0.494 e. The molecule has 0 fully saturated rings. The van der Waals surface area contributed by atoms with Crippen LogP contribution in [0.3, 0.4) is 0 Å². The van der Waals surface area contributed by atoms with E-state index in [0.29, 0.717) is 23.8 Å². The summed E-state index contributed by atoms with van der Waals surface area (Å²) in [5.74, 6) is 0.607. The van der Waals surface area contributed by atoms with Crippen molar-refractivity contribution in [1.82, 2.24) is 0 Å². The number of benzene rings is 3. The van der Waals surface area contributed by atoms with Crippen molar-refractivity contribution < 1.29 is 13.9 Å². The largest absolute Gasteiger partial charge is 0.494 e. The number of rotatable bonds is 5. The molecule has 30 heavy (non-hydrogen) atoms. The first-order chi connectivity index (χ1) is 14.6. The number of carbonyl (C=O) groups is 1. The predicted octanol–water partition coefficient (Wildman–Crippen LogP) is 5.82. The van der Waals surface area contributed by atoms with Crippen LogP contribution < -0.4 is 9.64 Å². The number of anilines is 1. The second-order valence-corrected chi connectivity index (χ2v) is 7.42. The molecule has 0 bridgehead atoms. The van der Waals surface area contributed by atoms with Gasteiger partial charge in [-0.3, -0.25) is 9.69 Å². The summed E-state index contributed by atoms with van der Waals surface area (Å²) in [6.07, 6.45) is 1.73. The molecule has 3 aromatic rings. The molecule has 150 valence electrons. The third-order valence-electron chi connectivity index (χ3n) is 4.55.